The van der Waals surface area contributed by atoms with Crippen LogP contribution in [0, 0.1) is 0 Å². The summed E-state index contributed by atoms with van der Waals surface area (Å²) in [6, 6.07) is 0. The molecule has 0 fully saturated rings. The van der Waals surface area contributed by atoms with E-state index in [0.29, 0.717) is 0 Å². The highest BCUT2D eigenvalue weighted by molar-refractivity contribution is 6.80. The summed E-state index contributed by atoms with van der Waals surface area (Å²) in [5.41, 5.74) is 2.32. The minimum absolute atomic E-state index is 0.117. The summed E-state index contributed by atoms with van der Waals surface area (Å²) in [6.07, 6.45) is 7.50. The largest absolute Gasteiger partial charge is 0.393 e. The molecule has 0 saturated carbocycles. The molecule has 0 aliphatic rings. The Hall–Kier alpha value is -0.0831. The summed E-state index contributed by atoms with van der Waals surface area (Å²) in [5.74, 6) is 0. The Bertz CT molecular complexity index is 158. The standard InChI is InChI=1S/C12H26OSi/c1-5-6-7-9-12(13)10-8-11-14(2,3)4/h8,11-13H,5-7,9-10H2,1-4H3/b11-8+. The van der Waals surface area contributed by atoms with Crippen molar-refractivity contribution in [3.8, 4) is 0 Å². The van der Waals surface area contributed by atoms with Crippen LogP contribution < -0.4 is 0 Å². The predicted molar refractivity (Wildman–Crippen MR) is 67.3 cm³/mol. The molecule has 0 aliphatic heterocycles. The number of hydrogen-bond acceptors (Lipinski definition) is 1. The monoisotopic (exact) mass is 214 g/mol. The van der Waals surface area contributed by atoms with Gasteiger partial charge in [-0.25, -0.2) is 0 Å². The van der Waals surface area contributed by atoms with Crippen molar-refractivity contribution >= 4 is 8.07 Å². The summed E-state index contributed by atoms with van der Waals surface area (Å²) >= 11 is 0. The van der Waals surface area contributed by atoms with Crippen molar-refractivity contribution in [2.45, 2.75) is 64.8 Å². The third-order valence-electron chi connectivity index (χ3n) is 2.17. The van der Waals surface area contributed by atoms with E-state index in [1.807, 2.05) is 0 Å². The van der Waals surface area contributed by atoms with Crippen molar-refractivity contribution < 1.29 is 5.11 Å². The number of aliphatic hydroxyl groups is 1. The van der Waals surface area contributed by atoms with Gasteiger partial charge in [0.05, 0.1) is 14.2 Å². The van der Waals surface area contributed by atoms with Crippen LogP contribution in [0.25, 0.3) is 0 Å². The lowest BCUT2D eigenvalue weighted by Gasteiger charge is -2.10. The molecule has 0 radical (unpaired) electrons. The molecular formula is C12H26OSi. The van der Waals surface area contributed by atoms with Crippen molar-refractivity contribution in [3.05, 3.63) is 11.8 Å². The summed E-state index contributed by atoms with van der Waals surface area (Å²) in [6.45, 7) is 9.13. The first-order chi connectivity index (χ1) is 6.45. The maximum absolute atomic E-state index is 9.64. The second kappa shape index (κ2) is 7.24. The van der Waals surface area contributed by atoms with E-state index in [9.17, 15) is 5.11 Å². The van der Waals surface area contributed by atoms with Crippen molar-refractivity contribution in [1.29, 1.82) is 0 Å². The van der Waals surface area contributed by atoms with Gasteiger partial charge in [0.1, 0.15) is 0 Å². The SMILES string of the molecule is CCCCCC(O)C/C=C/[Si](C)(C)C. The van der Waals surface area contributed by atoms with Gasteiger partial charge in [-0.05, 0) is 12.8 Å². The maximum Gasteiger partial charge on any atom is 0.0682 e. The van der Waals surface area contributed by atoms with E-state index in [1.54, 1.807) is 0 Å². The molecule has 84 valence electrons. The molecule has 0 aromatic rings. The van der Waals surface area contributed by atoms with Crippen molar-refractivity contribution in [2.75, 3.05) is 0 Å². The van der Waals surface area contributed by atoms with Gasteiger partial charge < -0.3 is 5.11 Å². The smallest absolute Gasteiger partial charge is 0.0682 e. The molecule has 2 heteroatoms. The zero-order valence-electron chi connectivity index (χ0n) is 10.2. The van der Waals surface area contributed by atoms with Crippen LogP contribution in [-0.4, -0.2) is 19.3 Å². The van der Waals surface area contributed by atoms with Gasteiger partial charge in [-0.15, -0.1) is 0 Å². The normalized spacial score (nSPS) is 14.9. The van der Waals surface area contributed by atoms with Gasteiger partial charge in [0.25, 0.3) is 0 Å². The van der Waals surface area contributed by atoms with Crippen LogP contribution >= 0.6 is 0 Å². The van der Waals surface area contributed by atoms with Crippen LogP contribution in [0.4, 0.5) is 0 Å². The fourth-order valence-corrected chi connectivity index (χ4v) is 2.17. The minimum Gasteiger partial charge on any atom is -0.393 e. The lowest BCUT2D eigenvalue weighted by molar-refractivity contribution is 0.164. The molecule has 0 rings (SSSR count). The molecule has 0 amide bonds. The maximum atomic E-state index is 9.64. The molecule has 0 aliphatic carbocycles. The van der Waals surface area contributed by atoms with Crippen molar-refractivity contribution in [1.82, 2.24) is 0 Å². The highest BCUT2D eigenvalue weighted by Crippen LogP contribution is 2.08. The Balaban J connectivity index is 3.53. The average molecular weight is 214 g/mol. The molecule has 0 saturated heterocycles. The van der Waals surface area contributed by atoms with Gasteiger partial charge >= 0.3 is 0 Å². The number of hydrogen-bond donors (Lipinski definition) is 1. The van der Waals surface area contributed by atoms with Crippen LogP contribution in [0.3, 0.4) is 0 Å². The van der Waals surface area contributed by atoms with E-state index in [-0.39, 0.29) is 6.10 Å². The van der Waals surface area contributed by atoms with Crippen LogP contribution in [0.2, 0.25) is 19.6 Å². The van der Waals surface area contributed by atoms with Crippen molar-refractivity contribution in [3.63, 3.8) is 0 Å². The first-order valence-electron chi connectivity index (χ1n) is 5.81. The van der Waals surface area contributed by atoms with E-state index >= 15 is 0 Å². The van der Waals surface area contributed by atoms with Crippen LogP contribution in [0.5, 0.6) is 0 Å². The second-order valence-electron chi connectivity index (χ2n) is 5.15. The Morgan fingerprint density at radius 1 is 1.21 bits per heavy atom. The van der Waals surface area contributed by atoms with Crippen LogP contribution in [0.1, 0.15) is 39.0 Å². The lowest BCUT2D eigenvalue weighted by atomic mass is 10.1. The van der Waals surface area contributed by atoms with E-state index in [0.717, 1.165) is 12.8 Å². The average Bonchev–Trinajstić information content (AvgIpc) is 2.02. The van der Waals surface area contributed by atoms with Gasteiger partial charge in [0, 0.05) is 0 Å². The molecule has 0 bridgehead atoms. The third-order valence-corrected chi connectivity index (χ3v) is 3.40. The zero-order valence-corrected chi connectivity index (χ0v) is 11.2. The van der Waals surface area contributed by atoms with E-state index in [4.69, 9.17) is 0 Å². The van der Waals surface area contributed by atoms with Crippen LogP contribution in [0.15, 0.2) is 11.8 Å². The molecule has 0 spiro atoms. The topological polar surface area (TPSA) is 20.2 Å². The molecule has 0 heterocycles. The molecule has 1 atom stereocenters. The van der Waals surface area contributed by atoms with Gasteiger partial charge in [-0.3, -0.25) is 0 Å². The molecule has 0 aromatic carbocycles. The summed E-state index contributed by atoms with van der Waals surface area (Å²) in [4.78, 5) is 0. The van der Waals surface area contributed by atoms with E-state index in [1.165, 1.54) is 19.3 Å². The van der Waals surface area contributed by atoms with Gasteiger partial charge in [0.2, 0.25) is 0 Å². The molecular weight excluding hydrogens is 188 g/mol. The lowest BCUT2D eigenvalue weighted by Crippen LogP contribution is -2.16. The van der Waals surface area contributed by atoms with Crippen LogP contribution in [-0.2, 0) is 0 Å². The van der Waals surface area contributed by atoms with E-state index in [2.05, 4.69) is 38.3 Å². The van der Waals surface area contributed by atoms with Gasteiger partial charge in [-0.2, -0.15) is 0 Å². The van der Waals surface area contributed by atoms with E-state index < -0.39 is 8.07 Å². The van der Waals surface area contributed by atoms with Crippen molar-refractivity contribution in [2.24, 2.45) is 0 Å². The third kappa shape index (κ3) is 10.0. The fourth-order valence-electron chi connectivity index (χ4n) is 1.33. The Labute approximate surface area is 90.2 Å². The molecule has 1 unspecified atom stereocenters. The molecule has 1 N–H and O–H groups in total. The Kier molecular flexibility index (Phi) is 7.20. The predicted octanol–water partition coefficient (Wildman–Crippen LogP) is 3.75. The minimum atomic E-state index is -1.05. The highest BCUT2D eigenvalue weighted by Gasteiger charge is 2.07. The molecule has 0 aromatic heterocycles. The van der Waals surface area contributed by atoms with Gasteiger partial charge in [-0.1, -0.05) is 57.6 Å². The first kappa shape index (κ1) is 13.9. The Morgan fingerprint density at radius 3 is 2.36 bits per heavy atom. The second-order valence-corrected chi connectivity index (χ2v) is 10.2. The first-order valence-corrected chi connectivity index (χ1v) is 9.39. The zero-order chi connectivity index (χ0) is 11.0. The molecule has 1 nitrogen and oxygen atoms in total. The number of aliphatic hydroxyl groups excluding tert-OH is 1. The Morgan fingerprint density at radius 2 is 1.86 bits per heavy atom. The summed E-state index contributed by atoms with van der Waals surface area (Å²) in [5, 5.41) is 9.64. The number of unbranched alkanes of at least 4 members (excludes halogenated alkanes) is 2. The highest BCUT2D eigenvalue weighted by atomic mass is 28.3. The number of rotatable bonds is 7. The summed E-state index contributed by atoms with van der Waals surface area (Å²) in [7, 11) is -1.05. The molecule has 14 heavy (non-hydrogen) atoms. The van der Waals surface area contributed by atoms with Gasteiger partial charge in [0.15, 0.2) is 0 Å². The quantitative estimate of drug-likeness (QED) is 0.505. The summed E-state index contributed by atoms with van der Waals surface area (Å²) < 4.78 is 0. The fraction of sp³-hybridized carbons (Fsp3) is 0.833.